The minimum Gasteiger partial charge on any atom is -0.0776 e. The molecule has 0 amide bonds. The van der Waals surface area contributed by atoms with E-state index in [1.54, 1.807) is 0 Å². The van der Waals surface area contributed by atoms with Crippen LogP contribution in [0.5, 0.6) is 0 Å². The van der Waals surface area contributed by atoms with Gasteiger partial charge < -0.3 is 0 Å². The van der Waals surface area contributed by atoms with Crippen molar-refractivity contribution in [2.24, 2.45) is 0 Å². The average molecular weight is 153 g/mol. The average Bonchev–Trinajstić information content (AvgIpc) is 1.81. The van der Waals surface area contributed by atoms with Crippen molar-refractivity contribution in [3.05, 3.63) is 7.43 Å². The van der Waals surface area contributed by atoms with Crippen molar-refractivity contribution in [3.8, 4) is 0 Å². The molecule has 0 radical (unpaired) electrons. The molecule has 0 aromatic rings. The van der Waals surface area contributed by atoms with Crippen LogP contribution >= 0.6 is 0 Å². The molecule has 0 saturated heterocycles. The van der Waals surface area contributed by atoms with Crippen LogP contribution in [0.2, 0.25) is 0 Å². The van der Waals surface area contributed by atoms with Crippen LogP contribution in [0.3, 0.4) is 0 Å². The lowest BCUT2D eigenvalue weighted by atomic mass is 11.0. The zero-order valence-electron chi connectivity index (χ0n) is 7.00. The summed E-state index contributed by atoms with van der Waals surface area (Å²) in [7, 11) is 0. The summed E-state index contributed by atoms with van der Waals surface area (Å²) >= 11 is 0. The van der Waals surface area contributed by atoms with Gasteiger partial charge in [-0.05, 0) is 0 Å². The maximum Gasteiger partial charge on any atom is 0.0467 e. The molecule has 0 heterocycles. The van der Waals surface area contributed by atoms with Crippen molar-refractivity contribution in [2.75, 3.05) is 0 Å². The highest BCUT2D eigenvalue weighted by Gasteiger charge is 0.936. The van der Waals surface area contributed by atoms with Crippen molar-refractivity contribution in [2.45, 2.75) is 63.8 Å². The fraction of sp³-hybridized carbons (Fsp3) is 0.900. The van der Waals surface area contributed by atoms with Crippen molar-refractivity contribution >= 4 is 0 Å². The Balaban J connectivity index is -0.00000000225. The summed E-state index contributed by atoms with van der Waals surface area (Å²) in [4.78, 5) is 0. The first kappa shape index (κ1) is 94.3. The molecule has 0 N–H and O–H groups in total. The molecular weight excluding hydrogens is 120 g/mol. The summed E-state index contributed by atoms with van der Waals surface area (Å²) in [6.07, 6.45) is 0. The maximum atomic E-state index is 2.00. The first-order chi connectivity index (χ1) is 3.00. The Morgan fingerprint density at radius 1 is 0.400 bits per heavy atom. The van der Waals surface area contributed by atoms with E-state index in [4.69, 9.17) is 0 Å². The number of hydrogen-bond acceptors (Lipinski definition) is 0. The van der Waals surface area contributed by atoms with E-state index >= 15 is 0 Å². The van der Waals surface area contributed by atoms with E-state index in [1.807, 2.05) is 41.5 Å². The van der Waals surface area contributed by atoms with Gasteiger partial charge in [-0.15, -0.1) is 0 Å². The van der Waals surface area contributed by atoms with Gasteiger partial charge in [-0.3, -0.25) is 0 Å². The molecule has 0 saturated carbocycles. The molecule has 0 heteroatoms. The van der Waals surface area contributed by atoms with Gasteiger partial charge in [0, 0.05) is 7.43 Å². The Bertz CT molecular complexity index is 0. The Hall–Kier alpha value is -0.130. The molecule has 72 valence electrons. The summed E-state index contributed by atoms with van der Waals surface area (Å²) in [6, 6.07) is 0. The van der Waals surface area contributed by atoms with E-state index in [9.17, 15) is 0 Å². The Morgan fingerprint density at radius 3 is 0.400 bits per heavy atom. The predicted octanol–water partition coefficient (Wildman–Crippen LogP) is 5.44. The molecule has 0 atom stereocenters. The Labute approximate surface area is 72.1 Å². The van der Waals surface area contributed by atoms with Crippen LogP contribution in [0.25, 0.3) is 0 Å². The van der Waals surface area contributed by atoms with Crippen molar-refractivity contribution in [1.82, 2.24) is 0 Å². The highest BCUT2D eigenvalue weighted by Crippen LogP contribution is 1.15. The van der Waals surface area contributed by atoms with E-state index in [0.29, 0.717) is 0 Å². The smallest absolute Gasteiger partial charge is 0.0467 e. The van der Waals surface area contributed by atoms with Crippen LogP contribution in [0.1, 0.15) is 63.8 Å². The molecule has 0 spiro atoms. The lowest BCUT2D eigenvalue weighted by Gasteiger charge is -1.07. The topological polar surface area (TPSA) is 0 Å². The normalized spacial score (nSPS) is 1.80. The molecule has 0 unspecified atom stereocenters. The predicted molar refractivity (Wildman–Crippen MR) is 60.7 cm³/mol. The van der Waals surface area contributed by atoms with Gasteiger partial charge in [-0.25, -0.2) is 0 Å². The molecular formula is C10H33+. The van der Waals surface area contributed by atoms with Crippen LogP contribution in [-0.2, 0) is 0 Å². The highest BCUT2D eigenvalue weighted by molar-refractivity contribution is 3.51. The fourth-order valence-corrected chi connectivity index (χ4v) is 0. The summed E-state index contributed by atoms with van der Waals surface area (Å²) in [5.41, 5.74) is 0. The third kappa shape index (κ3) is 22000. The van der Waals surface area contributed by atoms with Gasteiger partial charge in [0.15, 0.2) is 0 Å². The first-order valence-corrected chi connectivity index (χ1v) is 3.00. The van der Waals surface area contributed by atoms with Crippen molar-refractivity contribution in [3.63, 3.8) is 0 Å². The second kappa shape index (κ2) is 32500. The van der Waals surface area contributed by atoms with Gasteiger partial charge in [0.05, 0.1) is 0 Å². The third-order valence-corrected chi connectivity index (χ3v) is 0. The van der Waals surface area contributed by atoms with Gasteiger partial charge in [-0.2, -0.15) is 0 Å². The van der Waals surface area contributed by atoms with Crippen LogP contribution in [0.4, 0.5) is 0 Å². The molecule has 0 nitrogen and oxygen atoms in total. The van der Waals surface area contributed by atoms with Crippen molar-refractivity contribution in [1.29, 1.82) is 0 Å². The van der Waals surface area contributed by atoms with E-state index < -0.39 is 0 Å². The first-order valence-electron chi connectivity index (χ1n) is 3.00. The quantitative estimate of drug-likeness (QED) is 0.407. The zero-order valence-corrected chi connectivity index (χ0v) is 7.00. The van der Waals surface area contributed by atoms with E-state index in [2.05, 4.69) is 0 Å². The molecule has 0 aromatic carbocycles. The summed E-state index contributed by atoms with van der Waals surface area (Å²) in [5, 5.41) is 0. The van der Waals surface area contributed by atoms with Crippen LogP contribution in [0.15, 0.2) is 0 Å². The minimum absolute atomic E-state index is 0. The SMILES string of the molecule is C.C.C.CC.CC.CC.[CH3+]. The summed E-state index contributed by atoms with van der Waals surface area (Å²) in [6.45, 7) is 12.0. The van der Waals surface area contributed by atoms with Gasteiger partial charge >= 0.3 is 0 Å². The second-order valence-corrected chi connectivity index (χ2v) is 0. The number of rotatable bonds is 0. The van der Waals surface area contributed by atoms with Gasteiger partial charge in [0.25, 0.3) is 0 Å². The largest absolute Gasteiger partial charge is 0.0776 e. The second-order valence-electron chi connectivity index (χ2n) is 0. The summed E-state index contributed by atoms with van der Waals surface area (Å²) in [5.74, 6) is 0. The highest BCUT2D eigenvalue weighted by atomic mass is 13.0. The molecule has 0 aromatic heterocycles. The minimum atomic E-state index is 0. The third-order valence-electron chi connectivity index (χ3n) is 0. The fourth-order valence-electron chi connectivity index (χ4n) is 0. The maximum absolute atomic E-state index is 2.00. The van der Waals surface area contributed by atoms with E-state index in [-0.39, 0.29) is 29.7 Å². The molecule has 0 fully saturated rings. The number of hydrogen-bond donors (Lipinski definition) is 0. The standard InChI is InChI=1S/3C2H6.3CH4.CH3/c3*1-2;;;;/h3*1-2H3;3*1H4;1H3/q;;;;;;+1. The molecule has 10 heavy (non-hydrogen) atoms. The Kier molecular flexibility index (Phi) is 306000. The van der Waals surface area contributed by atoms with Gasteiger partial charge in [-0.1, -0.05) is 63.8 Å². The van der Waals surface area contributed by atoms with Crippen LogP contribution < -0.4 is 0 Å². The Morgan fingerprint density at radius 2 is 0.400 bits per heavy atom. The molecule has 0 aliphatic carbocycles. The van der Waals surface area contributed by atoms with Crippen molar-refractivity contribution < 1.29 is 0 Å². The van der Waals surface area contributed by atoms with Crippen LogP contribution in [0, 0.1) is 7.43 Å². The van der Waals surface area contributed by atoms with Gasteiger partial charge in [0.1, 0.15) is 0 Å². The summed E-state index contributed by atoms with van der Waals surface area (Å²) < 4.78 is 0. The van der Waals surface area contributed by atoms with Crippen LogP contribution in [-0.4, -0.2) is 0 Å². The monoisotopic (exact) mass is 153 g/mol. The molecule has 0 rings (SSSR count). The molecule has 0 bridgehead atoms. The van der Waals surface area contributed by atoms with E-state index in [0.717, 1.165) is 0 Å². The molecule has 0 aliphatic heterocycles. The lowest BCUT2D eigenvalue weighted by molar-refractivity contribution is 1.50. The molecule has 0 aliphatic rings. The van der Waals surface area contributed by atoms with Gasteiger partial charge in [0.2, 0.25) is 0 Å². The van der Waals surface area contributed by atoms with E-state index in [1.165, 1.54) is 0 Å². The lowest BCUT2D eigenvalue weighted by Crippen LogP contribution is -0.856. The zero-order chi connectivity index (χ0) is 6.00.